The predicted octanol–water partition coefficient (Wildman–Crippen LogP) is 2.36. The molecule has 2 heterocycles. The van der Waals surface area contributed by atoms with Crippen LogP contribution in [-0.4, -0.2) is 29.5 Å². The van der Waals surface area contributed by atoms with Crippen molar-refractivity contribution in [2.45, 2.75) is 13.3 Å². The van der Waals surface area contributed by atoms with Crippen LogP contribution in [0.15, 0.2) is 36.7 Å². The Bertz CT molecular complexity index is 671. The summed E-state index contributed by atoms with van der Waals surface area (Å²) < 4.78 is 0. The van der Waals surface area contributed by atoms with E-state index >= 15 is 0 Å². The molecule has 5 nitrogen and oxygen atoms in total. The van der Waals surface area contributed by atoms with Crippen LogP contribution in [0.5, 0.6) is 0 Å². The van der Waals surface area contributed by atoms with Crippen LogP contribution in [0.25, 0.3) is 0 Å². The molecule has 1 atom stereocenters. The van der Waals surface area contributed by atoms with Gasteiger partial charge in [-0.25, -0.2) is 4.98 Å². The number of carbonyl (C=O) groups is 1. The van der Waals surface area contributed by atoms with Gasteiger partial charge in [-0.3, -0.25) is 9.78 Å². The van der Waals surface area contributed by atoms with E-state index in [1.54, 1.807) is 13.2 Å². The van der Waals surface area contributed by atoms with Gasteiger partial charge < -0.3 is 10.2 Å². The summed E-state index contributed by atoms with van der Waals surface area (Å²) in [5, 5.41) is 2.91. The highest BCUT2D eigenvalue weighted by molar-refractivity contribution is 6.05. The van der Waals surface area contributed by atoms with Crippen LogP contribution in [0.1, 0.15) is 23.0 Å². The first-order valence-corrected chi connectivity index (χ1v) is 7.08. The first kappa shape index (κ1) is 13.5. The van der Waals surface area contributed by atoms with Crippen molar-refractivity contribution in [3.8, 4) is 0 Å². The van der Waals surface area contributed by atoms with Crippen LogP contribution in [0, 0.1) is 5.92 Å². The Morgan fingerprint density at radius 2 is 2.14 bits per heavy atom. The predicted molar refractivity (Wildman–Crippen MR) is 82.6 cm³/mol. The minimum Gasteiger partial charge on any atom is -0.372 e. The second-order valence-electron chi connectivity index (χ2n) is 5.39. The lowest BCUT2D eigenvalue weighted by atomic mass is 9.94. The Morgan fingerprint density at radius 3 is 2.95 bits per heavy atom. The van der Waals surface area contributed by atoms with Crippen molar-refractivity contribution >= 4 is 17.4 Å². The van der Waals surface area contributed by atoms with Gasteiger partial charge in [0.25, 0.3) is 5.91 Å². The second kappa shape index (κ2) is 5.52. The van der Waals surface area contributed by atoms with E-state index in [1.807, 2.05) is 23.1 Å². The van der Waals surface area contributed by atoms with Gasteiger partial charge in [-0.05, 0) is 24.0 Å². The van der Waals surface area contributed by atoms with Crippen LogP contribution in [0.3, 0.4) is 0 Å². The highest BCUT2D eigenvalue weighted by Gasteiger charge is 2.27. The minimum absolute atomic E-state index is 0.0985. The molecule has 0 radical (unpaired) electrons. The Balaban J connectivity index is 1.97. The Hall–Kier alpha value is -2.43. The summed E-state index contributed by atoms with van der Waals surface area (Å²) in [6.07, 6.45) is 4.12. The number of aromatic nitrogens is 2. The van der Waals surface area contributed by atoms with Gasteiger partial charge in [-0.2, -0.15) is 0 Å². The monoisotopic (exact) mass is 282 g/mol. The number of carbonyl (C=O) groups excluding carboxylic acids is 1. The Morgan fingerprint density at radius 1 is 1.33 bits per heavy atom. The molecule has 0 saturated carbocycles. The van der Waals surface area contributed by atoms with Crippen molar-refractivity contribution in [1.82, 2.24) is 9.97 Å². The van der Waals surface area contributed by atoms with E-state index in [9.17, 15) is 4.79 Å². The maximum atomic E-state index is 12.8. The van der Waals surface area contributed by atoms with Crippen molar-refractivity contribution in [2.75, 3.05) is 23.8 Å². The number of fused-ring (bicyclic) bond motifs is 1. The molecule has 1 unspecified atom stereocenters. The number of hydrogen-bond donors (Lipinski definition) is 1. The average Bonchev–Trinajstić information content (AvgIpc) is 2.53. The number of anilines is 2. The van der Waals surface area contributed by atoms with Crippen LogP contribution in [-0.2, 0) is 6.42 Å². The molecule has 3 rings (SSSR count). The summed E-state index contributed by atoms with van der Waals surface area (Å²) in [7, 11) is 1.76. The number of rotatable bonds is 2. The van der Waals surface area contributed by atoms with E-state index in [4.69, 9.17) is 0 Å². The summed E-state index contributed by atoms with van der Waals surface area (Å²) in [4.78, 5) is 23.0. The van der Waals surface area contributed by atoms with Gasteiger partial charge in [0.15, 0.2) is 0 Å². The topological polar surface area (TPSA) is 58.1 Å². The van der Waals surface area contributed by atoms with E-state index < -0.39 is 0 Å². The number of nitrogens with zero attached hydrogens (tertiary/aromatic N) is 3. The summed E-state index contributed by atoms with van der Waals surface area (Å²) in [6.45, 7) is 2.87. The standard InChI is InChI=1S/C16H18N4O/c1-11-7-12-5-3-4-6-14(12)20(10-11)16(21)13-8-18-9-15(17-2)19-13/h3-6,8-9,11H,7,10H2,1-2H3,(H,17,19). The number of benzene rings is 1. The van der Waals surface area contributed by atoms with Gasteiger partial charge in [0.2, 0.25) is 0 Å². The van der Waals surface area contributed by atoms with Gasteiger partial charge in [0.05, 0.1) is 12.4 Å². The third-order valence-corrected chi connectivity index (χ3v) is 3.70. The van der Waals surface area contributed by atoms with Gasteiger partial charge in [-0.15, -0.1) is 0 Å². The first-order valence-electron chi connectivity index (χ1n) is 7.08. The lowest BCUT2D eigenvalue weighted by molar-refractivity contribution is 0.0976. The Labute approximate surface area is 124 Å². The number of hydrogen-bond acceptors (Lipinski definition) is 4. The van der Waals surface area contributed by atoms with Gasteiger partial charge in [-0.1, -0.05) is 25.1 Å². The molecule has 1 amide bonds. The molecule has 0 bridgehead atoms. The van der Waals surface area contributed by atoms with Crippen molar-refractivity contribution in [1.29, 1.82) is 0 Å². The molecule has 1 aliphatic rings. The fraction of sp³-hybridized carbons (Fsp3) is 0.312. The molecule has 108 valence electrons. The van der Waals surface area contributed by atoms with Crippen LogP contribution in [0.2, 0.25) is 0 Å². The van der Waals surface area contributed by atoms with Crippen molar-refractivity contribution in [3.05, 3.63) is 47.9 Å². The first-order chi connectivity index (χ1) is 10.2. The molecule has 2 aromatic rings. The average molecular weight is 282 g/mol. The third-order valence-electron chi connectivity index (χ3n) is 3.70. The van der Waals surface area contributed by atoms with Crippen molar-refractivity contribution in [3.63, 3.8) is 0 Å². The van der Waals surface area contributed by atoms with Crippen LogP contribution in [0.4, 0.5) is 11.5 Å². The summed E-state index contributed by atoms with van der Waals surface area (Å²) in [5.74, 6) is 0.932. The van der Waals surface area contributed by atoms with E-state index in [1.165, 1.54) is 11.8 Å². The van der Waals surface area contributed by atoms with Gasteiger partial charge >= 0.3 is 0 Å². The maximum absolute atomic E-state index is 12.8. The zero-order valence-electron chi connectivity index (χ0n) is 12.2. The molecule has 1 aromatic carbocycles. The normalized spacial score (nSPS) is 17.2. The maximum Gasteiger partial charge on any atom is 0.278 e. The largest absolute Gasteiger partial charge is 0.372 e. The summed E-state index contributed by atoms with van der Waals surface area (Å²) in [6, 6.07) is 8.06. The lowest BCUT2D eigenvalue weighted by Gasteiger charge is -2.32. The molecule has 0 spiro atoms. The quantitative estimate of drug-likeness (QED) is 0.918. The van der Waals surface area contributed by atoms with E-state index in [2.05, 4.69) is 28.3 Å². The molecule has 5 heteroatoms. The molecule has 0 fully saturated rings. The van der Waals surface area contributed by atoms with E-state index in [0.717, 1.165) is 12.1 Å². The highest BCUT2D eigenvalue weighted by atomic mass is 16.2. The molecular formula is C16H18N4O. The molecule has 1 N–H and O–H groups in total. The lowest BCUT2D eigenvalue weighted by Crippen LogP contribution is -2.39. The molecule has 1 aromatic heterocycles. The third kappa shape index (κ3) is 2.59. The van der Waals surface area contributed by atoms with Crippen LogP contribution < -0.4 is 10.2 Å². The fourth-order valence-corrected chi connectivity index (χ4v) is 2.72. The second-order valence-corrected chi connectivity index (χ2v) is 5.39. The Kier molecular flexibility index (Phi) is 3.56. The molecular weight excluding hydrogens is 264 g/mol. The SMILES string of the molecule is CNc1cncc(C(=O)N2CC(C)Cc3ccccc32)n1. The van der Waals surface area contributed by atoms with Crippen LogP contribution >= 0.6 is 0 Å². The smallest absolute Gasteiger partial charge is 0.278 e. The number of nitrogens with one attached hydrogen (secondary N) is 1. The molecule has 21 heavy (non-hydrogen) atoms. The molecule has 1 aliphatic heterocycles. The molecule has 0 saturated heterocycles. The zero-order valence-corrected chi connectivity index (χ0v) is 12.2. The van der Waals surface area contributed by atoms with Crippen molar-refractivity contribution in [2.24, 2.45) is 5.92 Å². The number of amides is 1. The summed E-state index contributed by atoms with van der Waals surface area (Å²) in [5.41, 5.74) is 2.56. The summed E-state index contributed by atoms with van der Waals surface area (Å²) >= 11 is 0. The minimum atomic E-state index is -0.0985. The fourth-order valence-electron chi connectivity index (χ4n) is 2.72. The van der Waals surface area contributed by atoms with E-state index in [-0.39, 0.29) is 5.91 Å². The highest BCUT2D eigenvalue weighted by Crippen LogP contribution is 2.30. The van der Waals surface area contributed by atoms with E-state index in [0.29, 0.717) is 24.0 Å². The van der Waals surface area contributed by atoms with Crippen molar-refractivity contribution < 1.29 is 4.79 Å². The number of para-hydroxylation sites is 1. The zero-order chi connectivity index (χ0) is 14.8. The molecule has 0 aliphatic carbocycles. The van der Waals surface area contributed by atoms with Gasteiger partial charge in [0, 0.05) is 19.3 Å². The van der Waals surface area contributed by atoms with Gasteiger partial charge in [0.1, 0.15) is 11.5 Å².